The molecule has 0 aliphatic heterocycles. The van der Waals surface area contributed by atoms with Gasteiger partial charge in [0, 0.05) is 19.9 Å². The summed E-state index contributed by atoms with van der Waals surface area (Å²) in [6, 6.07) is 6.47. The summed E-state index contributed by atoms with van der Waals surface area (Å²) in [6.45, 7) is 3.50. The van der Waals surface area contributed by atoms with Crippen molar-refractivity contribution in [3.63, 3.8) is 0 Å². The first-order valence-corrected chi connectivity index (χ1v) is 6.82. The third-order valence-corrected chi connectivity index (χ3v) is 3.83. The first kappa shape index (κ1) is 15.0. The molecule has 1 atom stereocenters. The average Bonchev–Trinajstić information content (AvgIpc) is 2.58. The molecule has 3 nitrogen and oxygen atoms in total. The van der Waals surface area contributed by atoms with E-state index in [2.05, 4.69) is 5.10 Å². The molecular formula is C15H18ClFN2O. The van der Waals surface area contributed by atoms with E-state index in [-0.39, 0.29) is 12.2 Å². The van der Waals surface area contributed by atoms with Crippen LogP contribution in [-0.2, 0) is 19.9 Å². The highest BCUT2D eigenvalue weighted by Gasteiger charge is 2.26. The van der Waals surface area contributed by atoms with E-state index < -0.39 is 5.60 Å². The van der Waals surface area contributed by atoms with E-state index in [0.29, 0.717) is 17.0 Å². The Balaban J connectivity index is 2.21. The number of hydrogen-bond donors (Lipinski definition) is 1. The largest absolute Gasteiger partial charge is 0.389 e. The number of aliphatic hydroxyl groups is 1. The van der Waals surface area contributed by atoms with Crippen molar-refractivity contribution >= 4 is 11.6 Å². The maximum atomic E-state index is 13.7. The summed E-state index contributed by atoms with van der Waals surface area (Å²) in [5.74, 6) is -0.306. The van der Waals surface area contributed by atoms with Gasteiger partial charge in [-0.25, -0.2) is 4.39 Å². The Hall–Kier alpha value is -1.39. The van der Waals surface area contributed by atoms with Gasteiger partial charge in [-0.15, -0.1) is 0 Å². The number of halogens is 2. The minimum Gasteiger partial charge on any atom is -0.389 e. The molecule has 0 saturated carbocycles. The van der Waals surface area contributed by atoms with Gasteiger partial charge in [-0.1, -0.05) is 29.8 Å². The number of rotatable bonds is 4. The molecule has 0 spiro atoms. The Morgan fingerprint density at radius 1 is 1.35 bits per heavy atom. The molecule has 1 unspecified atom stereocenters. The van der Waals surface area contributed by atoms with Crippen LogP contribution in [0, 0.1) is 12.7 Å². The Bertz CT molecular complexity index is 622. The number of aromatic nitrogens is 2. The zero-order valence-corrected chi connectivity index (χ0v) is 12.6. The fraction of sp³-hybridized carbons (Fsp3) is 0.400. The maximum Gasteiger partial charge on any atom is 0.126 e. The van der Waals surface area contributed by atoms with Gasteiger partial charge in [-0.2, -0.15) is 5.10 Å². The van der Waals surface area contributed by atoms with E-state index in [9.17, 15) is 9.50 Å². The molecular weight excluding hydrogens is 279 g/mol. The molecule has 0 aliphatic carbocycles. The molecule has 2 rings (SSSR count). The Morgan fingerprint density at radius 3 is 2.55 bits per heavy atom. The Morgan fingerprint density at radius 2 is 2.00 bits per heavy atom. The van der Waals surface area contributed by atoms with Gasteiger partial charge in [0.1, 0.15) is 5.82 Å². The maximum absolute atomic E-state index is 13.7. The Kier molecular flexibility index (Phi) is 4.16. The van der Waals surface area contributed by atoms with Gasteiger partial charge in [0.15, 0.2) is 0 Å². The van der Waals surface area contributed by atoms with E-state index in [1.54, 1.807) is 36.9 Å². The van der Waals surface area contributed by atoms with Crippen molar-refractivity contribution in [2.75, 3.05) is 0 Å². The second kappa shape index (κ2) is 5.54. The molecule has 1 N–H and O–H groups in total. The topological polar surface area (TPSA) is 38.0 Å². The quantitative estimate of drug-likeness (QED) is 0.941. The second-order valence-electron chi connectivity index (χ2n) is 5.41. The molecule has 0 amide bonds. The van der Waals surface area contributed by atoms with Crippen molar-refractivity contribution < 1.29 is 9.50 Å². The lowest BCUT2D eigenvalue weighted by molar-refractivity contribution is 0.0580. The van der Waals surface area contributed by atoms with Crippen LogP contribution in [0.15, 0.2) is 24.3 Å². The molecule has 0 bridgehead atoms. The van der Waals surface area contributed by atoms with E-state index in [4.69, 9.17) is 11.6 Å². The fourth-order valence-corrected chi connectivity index (χ4v) is 2.57. The van der Waals surface area contributed by atoms with Crippen LogP contribution in [-0.4, -0.2) is 20.5 Å². The minimum atomic E-state index is -1.09. The SMILES string of the molecule is Cc1nn(C)c(CC(C)(O)Cc2ccccc2F)c1Cl. The van der Waals surface area contributed by atoms with Gasteiger partial charge in [-0.05, 0) is 25.5 Å². The van der Waals surface area contributed by atoms with Crippen molar-refractivity contribution in [3.05, 3.63) is 52.1 Å². The first-order chi connectivity index (χ1) is 9.30. The van der Waals surface area contributed by atoms with E-state index in [0.717, 1.165) is 11.4 Å². The van der Waals surface area contributed by atoms with Crippen molar-refractivity contribution in [2.24, 2.45) is 7.05 Å². The fourth-order valence-electron chi connectivity index (χ4n) is 2.35. The van der Waals surface area contributed by atoms with Crippen LogP contribution in [0.25, 0.3) is 0 Å². The third-order valence-electron chi connectivity index (χ3n) is 3.34. The summed E-state index contributed by atoms with van der Waals surface area (Å²) in [5.41, 5.74) is 0.885. The molecule has 0 radical (unpaired) electrons. The lowest BCUT2D eigenvalue weighted by Gasteiger charge is -2.24. The summed E-state index contributed by atoms with van der Waals surface area (Å²) in [5, 5.41) is 15.3. The van der Waals surface area contributed by atoms with Crippen LogP contribution in [0.4, 0.5) is 4.39 Å². The van der Waals surface area contributed by atoms with Crippen LogP contribution in [0.5, 0.6) is 0 Å². The van der Waals surface area contributed by atoms with Crippen LogP contribution in [0.3, 0.4) is 0 Å². The van der Waals surface area contributed by atoms with Crippen LogP contribution >= 0.6 is 11.6 Å². The molecule has 0 saturated heterocycles. The minimum absolute atomic E-state index is 0.222. The molecule has 5 heteroatoms. The molecule has 0 fully saturated rings. The summed E-state index contributed by atoms with van der Waals surface area (Å²) in [6.07, 6.45) is 0.539. The first-order valence-electron chi connectivity index (χ1n) is 6.44. The van der Waals surface area contributed by atoms with Crippen LogP contribution < -0.4 is 0 Å². The number of nitrogens with zero attached hydrogens (tertiary/aromatic N) is 2. The molecule has 1 heterocycles. The summed E-state index contributed by atoms with van der Waals surface area (Å²) in [7, 11) is 1.79. The normalized spacial score (nSPS) is 14.3. The second-order valence-corrected chi connectivity index (χ2v) is 5.79. The summed E-state index contributed by atoms with van der Waals surface area (Å²) < 4.78 is 15.3. The molecule has 20 heavy (non-hydrogen) atoms. The molecule has 108 valence electrons. The number of benzene rings is 1. The van der Waals surface area contributed by atoms with Crippen molar-refractivity contribution in [1.29, 1.82) is 0 Å². The van der Waals surface area contributed by atoms with Gasteiger partial charge in [0.2, 0.25) is 0 Å². The van der Waals surface area contributed by atoms with Crippen molar-refractivity contribution in [3.8, 4) is 0 Å². The van der Waals surface area contributed by atoms with Gasteiger partial charge in [0.25, 0.3) is 0 Å². The zero-order valence-electron chi connectivity index (χ0n) is 11.8. The van der Waals surface area contributed by atoms with Gasteiger partial charge < -0.3 is 5.11 Å². The number of hydrogen-bond acceptors (Lipinski definition) is 2. The molecule has 1 aromatic heterocycles. The van der Waals surface area contributed by atoms with Crippen molar-refractivity contribution in [1.82, 2.24) is 9.78 Å². The van der Waals surface area contributed by atoms with Gasteiger partial charge in [0.05, 0.1) is 22.0 Å². The van der Waals surface area contributed by atoms with Crippen LogP contribution in [0.1, 0.15) is 23.9 Å². The highest BCUT2D eigenvalue weighted by Crippen LogP contribution is 2.26. The monoisotopic (exact) mass is 296 g/mol. The van der Waals surface area contributed by atoms with Gasteiger partial charge >= 0.3 is 0 Å². The summed E-state index contributed by atoms with van der Waals surface area (Å²) >= 11 is 6.19. The smallest absolute Gasteiger partial charge is 0.126 e. The van der Waals surface area contributed by atoms with Gasteiger partial charge in [-0.3, -0.25) is 4.68 Å². The molecule has 1 aromatic carbocycles. The van der Waals surface area contributed by atoms with E-state index in [1.165, 1.54) is 6.07 Å². The van der Waals surface area contributed by atoms with Crippen molar-refractivity contribution in [2.45, 2.75) is 32.3 Å². The molecule has 0 aliphatic rings. The highest BCUT2D eigenvalue weighted by atomic mass is 35.5. The number of aryl methyl sites for hydroxylation is 2. The van der Waals surface area contributed by atoms with E-state index in [1.807, 2.05) is 6.92 Å². The van der Waals surface area contributed by atoms with Crippen LogP contribution in [0.2, 0.25) is 5.02 Å². The average molecular weight is 297 g/mol. The standard InChI is InChI=1S/C15H18ClFN2O/c1-10-14(16)13(19(3)18-10)9-15(2,20)8-11-6-4-5-7-12(11)17/h4-7,20H,8-9H2,1-3H3. The highest BCUT2D eigenvalue weighted by molar-refractivity contribution is 6.31. The summed E-state index contributed by atoms with van der Waals surface area (Å²) in [4.78, 5) is 0. The van der Waals surface area contributed by atoms with E-state index >= 15 is 0 Å². The Labute approximate surface area is 123 Å². The predicted octanol–water partition coefficient (Wildman–Crippen LogP) is 3.06. The predicted molar refractivity (Wildman–Crippen MR) is 77.4 cm³/mol. The molecule has 2 aromatic rings. The zero-order chi connectivity index (χ0) is 14.9. The lowest BCUT2D eigenvalue weighted by atomic mass is 9.91. The lowest BCUT2D eigenvalue weighted by Crippen LogP contribution is -2.31. The third kappa shape index (κ3) is 3.19.